The van der Waals surface area contributed by atoms with Gasteiger partial charge in [-0.05, 0) is 42.8 Å². The van der Waals surface area contributed by atoms with Crippen LogP contribution in [0.25, 0.3) is 17.4 Å². The van der Waals surface area contributed by atoms with Gasteiger partial charge in [-0.15, -0.1) is 13.2 Å². The van der Waals surface area contributed by atoms with E-state index < -0.39 is 12.3 Å². The number of benzene rings is 1. The summed E-state index contributed by atoms with van der Waals surface area (Å²) in [5.41, 5.74) is 0.533. The Balaban J connectivity index is 1.69. The number of carbonyl (C=O) groups is 2. The number of thioether (sulfide) groups is 1. The van der Waals surface area contributed by atoms with E-state index in [2.05, 4.69) is 4.74 Å². The average Bonchev–Trinajstić information content (AvgIpc) is 3.21. The van der Waals surface area contributed by atoms with Crippen molar-refractivity contribution in [1.82, 2.24) is 4.90 Å². The number of hydrogen-bond acceptors (Lipinski definition) is 6. The number of carbonyl (C=O) groups excluding carboxylic acids is 1. The molecular weight excluding hydrogens is 443 g/mol. The molecule has 158 valence electrons. The number of rotatable bonds is 7. The minimum atomic E-state index is -4.76. The van der Waals surface area contributed by atoms with Crippen molar-refractivity contribution < 1.29 is 37.0 Å². The quantitative estimate of drug-likeness (QED) is 0.467. The Morgan fingerprint density at radius 1 is 1.23 bits per heavy atom. The normalized spacial score (nSPS) is 15.8. The van der Waals surface area contributed by atoms with Gasteiger partial charge in [0, 0.05) is 24.6 Å². The fraction of sp³-hybridized carbons (Fsp3) is 0.211. The predicted molar refractivity (Wildman–Crippen MR) is 108 cm³/mol. The van der Waals surface area contributed by atoms with Crippen LogP contribution in [0.4, 0.5) is 13.2 Å². The van der Waals surface area contributed by atoms with Crippen LogP contribution in [0.3, 0.4) is 0 Å². The van der Waals surface area contributed by atoms with Crippen LogP contribution in [0, 0.1) is 0 Å². The van der Waals surface area contributed by atoms with Gasteiger partial charge in [0.05, 0.1) is 4.91 Å². The van der Waals surface area contributed by atoms with Gasteiger partial charge in [0.15, 0.2) is 0 Å². The third-order valence-corrected chi connectivity index (χ3v) is 5.30. The lowest BCUT2D eigenvalue weighted by atomic mass is 10.2. The summed E-state index contributed by atoms with van der Waals surface area (Å²) < 4.78 is 46.5. The van der Waals surface area contributed by atoms with Crippen molar-refractivity contribution in [3.05, 3.63) is 47.1 Å². The zero-order valence-electron chi connectivity index (χ0n) is 15.1. The number of carboxylic acid groups (broad SMARTS) is 1. The maximum Gasteiger partial charge on any atom is 0.573 e. The first kappa shape index (κ1) is 21.9. The molecule has 1 fully saturated rings. The fourth-order valence-electron chi connectivity index (χ4n) is 2.62. The molecule has 0 bridgehead atoms. The van der Waals surface area contributed by atoms with Crippen molar-refractivity contribution in [2.45, 2.75) is 19.2 Å². The minimum absolute atomic E-state index is 0.0650. The zero-order chi connectivity index (χ0) is 21.9. The first-order valence-electron chi connectivity index (χ1n) is 8.55. The summed E-state index contributed by atoms with van der Waals surface area (Å²) >= 11 is 6.26. The van der Waals surface area contributed by atoms with E-state index in [4.69, 9.17) is 21.7 Å². The SMILES string of the molecule is O=C(O)CCCN1C(=O)/C(=C\c2ccc(-c3ccc(OC(F)(F)F)cc3)o2)SC1=S. The molecule has 0 saturated carbocycles. The van der Waals surface area contributed by atoms with Crippen molar-refractivity contribution >= 4 is 46.3 Å². The van der Waals surface area contributed by atoms with E-state index >= 15 is 0 Å². The molecule has 0 aliphatic carbocycles. The second-order valence-electron chi connectivity index (χ2n) is 6.10. The number of thiocarbonyl (C=S) groups is 1. The Bertz CT molecular complexity index is 998. The van der Waals surface area contributed by atoms with E-state index in [0.717, 1.165) is 11.8 Å². The molecule has 1 saturated heterocycles. The number of carboxylic acids is 1. The molecule has 2 heterocycles. The van der Waals surface area contributed by atoms with E-state index in [1.807, 2.05) is 0 Å². The number of halogens is 3. The molecule has 11 heteroatoms. The molecule has 1 aliphatic heterocycles. The summed E-state index contributed by atoms with van der Waals surface area (Å²) in [6, 6.07) is 8.43. The highest BCUT2D eigenvalue weighted by atomic mass is 32.2. The monoisotopic (exact) mass is 457 g/mol. The molecule has 30 heavy (non-hydrogen) atoms. The maximum atomic E-state index is 12.5. The summed E-state index contributed by atoms with van der Waals surface area (Å²) in [5, 5.41) is 8.71. The number of furan rings is 1. The molecule has 1 amide bonds. The summed E-state index contributed by atoms with van der Waals surface area (Å²) in [6.07, 6.45) is -3.03. The van der Waals surface area contributed by atoms with Crippen LogP contribution in [-0.2, 0) is 9.59 Å². The van der Waals surface area contributed by atoms with E-state index in [0.29, 0.717) is 26.3 Å². The number of ether oxygens (including phenoxy) is 1. The van der Waals surface area contributed by atoms with Gasteiger partial charge in [-0.3, -0.25) is 14.5 Å². The average molecular weight is 457 g/mol. The summed E-state index contributed by atoms with van der Waals surface area (Å²) in [6.45, 7) is 0.212. The van der Waals surface area contributed by atoms with Gasteiger partial charge in [-0.25, -0.2) is 0 Å². The first-order valence-corrected chi connectivity index (χ1v) is 9.78. The van der Waals surface area contributed by atoms with Crippen molar-refractivity contribution in [2.75, 3.05) is 6.54 Å². The molecule has 1 aromatic carbocycles. The van der Waals surface area contributed by atoms with Crippen LogP contribution in [0.2, 0.25) is 0 Å². The van der Waals surface area contributed by atoms with Gasteiger partial charge in [0.25, 0.3) is 5.91 Å². The third kappa shape index (κ3) is 5.63. The second kappa shape index (κ2) is 8.92. The molecule has 0 unspecified atom stereocenters. The van der Waals surface area contributed by atoms with E-state index in [1.165, 1.54) is 35.2 Å². The van der Waals surface area contributed by atoms with Gasteiger partial charge in [-0.2, -0.15) is 0 Å². The molecule has 3 rings (SSSR count). The van der Waals surface area contributed by atoms with Crippen LogP contribution in [0.15, 0.2) is 45.7 Å². The predicted octanol–water partition coefficient (Wildman–Crippen LogP) is 4.91. The van der Waals surface area contributed by atoms with E-state index in [-0.39, 0.29) is 31.0 Å². The number of amides is 1. The van der Waals surface area contributed by atoms with Crippen molar-refractivity contribution in [3.8, 4) is 17.1 Å². The fourth-order valence-corrected chi connectivity index (χ4v) is 3.91. The lowest BCUT2D eigenvalue weighted by Crippen LogP contribution is -2.29. The largest absolute Gasteiger partial charge is 0.573 e. The molecular formula is C19H14F3NO5S2. The second-order valence-corrected chi connectivity index (χ2v) is 7.78. The Hall–Kier alpha value is -2.79. The zero-order valence-corrected chi connectivity index (χ0v) is 16.8. The Morgan fingerprint density at radius 2 is 1.93 bits per heavy atom. The summed E-state index contributed by atoms with van der Waals surface area (Å²) in [5.74, 6) is -0.855. The maximum absolute atomic E-state index is 12.5. The topological polar surface area (TPSA) is 80.0 Å². The van der Waals surface area contributed by atoms with E-state index in [1.54, 1.807) is 12.1 Å². The Labute approximate surface area is 178 Å². The molecule has 0 radical (unpaired) electrons. The third-order valence-electron chi connectivity index (χ3n) is 3.92. The standard InChI is InChI=1S/C19H14F3NO5S2/c20-19(21,22)28-12-5-3-11(4-6-12)14-8-7-13(27-14)10-15-17(26)23(18(29)30-15)9-1-2-16(24)25/h3-8,10H,1-2,9H2,(H,24,25)/b15-10+. The Morgan fingerprint density at radius 3 is 2.57 bits per heavy atom. The highest BCUT2D eigenvalue weighted by Gasteiger charge is 2.32. The summed E-state index contributed by atoms with van der Waals surface area (Å²) in [4.78, 5) is 24.8. The van der Waals surface area contributed by atoms with Crippen molar-refractivity contribution in [1.29, 1.82) is 0 Å². The number of aliphatic carboxylic acids is 1. The number of nitrogens with zero attached hydrogens (tertiary/aromatic N) is 1. The lowest BCUT2D eigenvalue weighted by molar-refractivity contribution is -0.274. The van der Waals surface area contributed by atoms with Crippen molar-refractivity contribution in [3.63, 3.8) is 0 Å². The van der Waals surface area contributed by atoms with Crippen LogP contribution in [0.1, 0.15) is 18.6 Å². The first-order chi connectivity index (χ1) is 14.1. The minimum Gasteiger partial charge on any atom is -0.481 e. The highest BCUT2D eigenvalue weighted by molar-refractivity contribution is 8.26. The van der Waals surface area contributed by atoms with Gasteiger partial charge in [0.1, 0.15) is 21.6 Å². The molecule has 6 nitrogen and oxygen atoms in total. The molecule has 1 aromatic heterocycles. The molecule has 1 N–H and O–H groups in total. The number of hydrogen-bond donors (Lipinski definition) is 1. The van der Waals surface area contributed by atoms with Crippen LogP contribution in [-0.4, -0.2) is 39.1 Å². The molecule has 0 atom stereocenters. The molecule has 1 aliphatic rings. The lowest BCUT2D eigenvalue weighted by Gasteiger charge is -2.13. The van der Waals surface area contributed by atoms with E-state index in [9.17, 15) is 22.8 Å². The summed E-state index contributed by atoms with van der Waals surface area (Å²) in [7, 11) is 0. The van der Waals surface area contributed by atoms with Gasteiger partial charge in [-0.1, -0.05) is 24.0 Å². The van der Waals surface area contributed by atoms with Gasteiger partial charge < -0.3 is 14.3 Å². The molecule has 0 spiro atoms. The van der Waals surface area contributed by atoms with Crippen LogP contribution in [0.5, 0.6) is 5.75 Å². The van der Waals surface area contributed by atoms with Gasteiger partial charge >= 0.3 is 12.3 Å². The Kier molecular flexibility index (Phi) is 6.52. The van der Waals surface area contributed by atoms with Crippen LogP contribution >= 0.6 is 24.0 Å². The highest BCUT2D eigenvalue weighted by Crippen LogP contribution is 2.34. The van der Waals surface area contributed by atoms with Crippen LogP contribution < -0.4 is 4.74 Å². The van der Waals surface area contributed by atoms with Crippen molar-refractivity contribution in [2.24, 2.45) is 0 Å². The van der Waals surface area contributed by atoms with Gasteiger partial charge in [0.2, 0.25) is 0 Å². The smallest absolute Gasteiger partial charge is 0.481 e. The number of alkyl halides is 3. The molecule has 2 aromatic rings.